The van der Waals surface area contributed by atoms with Gasteiger partial charge in [0.15, 0.2) is 6.10 Å². The molecule has 2 atom stereocenters. The van der Waals surface area contributed by atoms with E-state index in [-0.39, 0.29) is 31.1 Å². The van der Waals surface area contributed by atoms with E-state index >= 15 is 0 Å². The highest BCUT2D eigenvalue weighted by molar-refractivity contribution is 5.71. The fraction of sp³-hybridized carbons (Fsp3) is 0.949. The largest absolute Gasteiger partial charge is 0.462 e. The average molecular weight is 920 g/mol. The van der Waals surface area contributed by atoms with E-state index in [4.69, 9.17) is 14.2 Å². The summed E-state index contributed by atoms with van der Waals surface area (Å²) in [4.78, 5) is 38.1. The van der Waals surface area contributed by atoms with E-state index in [1.807, 2.05) is 0 Å². The Bertz CT molecular complexity index is 995. The zero-order valence-electron chi connectivity index (χ0n) is 44.6. The van der Waals surface area contributed by atoms with Crippen LogP contribution in [-0.2, 0) is 28.6 Å². The van der Waals surface area contributed by atoms with Gasteiger partial charge >= 0.3 is 17.9 Å². The molecule has 0 aromatic rings. The lowest BCUT2D eigenvalue weighted by Gasteiger charge is -2.18. The molecule has 1 unspecified atom stereocenters. The number of hydrogen-bond donors (Lipinski definition) is 0. The van der Waals surface area contributed by atoms with E-state index in [0.29, 0.717) is 19.3 Å². The van der Waals surface area contributed by atoms with Crippen LogP contribution in [0.2, 0.25) is 0 Å². The van der Waals surface area contributed by atoms with Crippen LogP contribution in [0.15, 0.2) is 0 Å². The molecule has 0 amide bonds. The Morgan fingerprint density at radius 1 is 0.323 bits per heavy atom. The topological polar surface area (TPSA) is 78.9 Å². The molecule has 0 aliphatic carbocycles. The van der Waals surface area contributed by atoms with Crippen LogP contribution in [0.1, 0.15) is 330 Å². The highest BCUT2D eigenvalue weighted by Gasteiger charge is 2.19. The maximum Gasteiger partial charge on any atom is 0.306 e. The van der Waals surface area contributed by atoms with Gasteiger partial charge in [0, 0.05) is 19.3 Å². The molecule has 386 valence electrons. The highest BCUT2D eigenvalue weighted by atomic mass is 16.6. The molecule has 0 N–H and O–H groups in total. The lowest BCUT2D eigenvalue weighted by atomic mass is 9.99. The number of carbonyl (C=O) groups is 3. The van der Waals surface area contributed by atoms with Crippen molar-refractivity contribution in [3.63, 3.8) is 0 Å². The fourth-order valence-corrected chi connectivity index (χ4v) is 9.02. The van der Waals surface area contributed by atoms with Crippen molar-refractivity contribution in [2.45, 2.75) is 336 Å². The van der Waals surface area contributed by atoms with Gasteiger partial charge in [-0.15, -0.1) is 0 Å². The summed E-state index contributed by atoms with van der Waals surface area (Å²) in [5.74, 6) is 0.877. The first-order valence-corrected chi connectivity index (χ1v) is 29.3. The van der Waals surface area contributed by atoms with Crippen molar-refractivity contribution in [1.29, 1.82) is 0 Å². The number of unbranched alkanes of at least 4 members (excludes halogenated alkanes) is 37. The minimum absolute atomic E-state index is 0.0629. The van der Waals surface area contributed by atoms with Crippen LogP contribution >= 0.6 is 0 Å². The zero-order valence-corrected chi connectivity index (χ0v) is 44.6. The predicted octanol–water partition coefficient (Wildman–Crippen LogP) is 19.3. The lowest BCUT2D eigenvalue weighted by Crippen LogP contribution is -2.30. The Labute approximate surface area is 406 Å². The Hall–Kier alpha value is -1.59. The third-order valence-electron chi connectivity index (χ3n) is 13.8. The molecular weight excluding hydrogens is 805 g/mol. The zero-order chi connectivity index (χ0) is 47.5. The number of ether oxygens (including phenoxy) is 3. The molecule has 0 aliphatic rings. The van der Waals surface area contributed by atoms with Crippen molar-refractivity contribution in [3.05, 3.63) is 0 Å². The van der Waals surface area contributed by atoms with Crippen LogP contribution in [0.5, 0.6) is 0 Å². The van der Waals surface area contributed by atoms with E-state index in [0.717, 1.165) is 69.6 Å². The summed E-state index contributed by atoms with van der Waals surface area (Å²) in [6.07, 6.45) is 55.2. The first-order valence-electron chi connectivity index (χ1n) is 29.3. The molecule has 0 rings (SSSR count). The van der Waals surface area contributed by atoms with Gasteiger partial charge in [0.2, 0.25) is 0 Å². The molecule has 0 spiro atoms. The molecule has 0 radical (unpaired) electrons. The Morgan fingerprint density at radius 2 is 0.585 bits per heavy atom. The number of carbonyl (C=O) groups excluding carboxylic acids is 3. The number of rotatable bonds is 53. The molecule has 0 saturated heterocycles. The molecule has 0 bridgehead atoms. The monoisotopic (exact) mass is 919 g/mol. The standard InChI is InChI=1S/C59H114O6/c1-6-8-9-10-11-12-13-20-24-29-34-39-44-49-57(60)63-52-56(53-64-58(61)50-45-40-35-31-26-27-32-37-42-47-54(3)4)65-59(62)51-46-41-36-30-25-22-19-17-15-14-16-18-21-23-28-33-38-43-48-55(5)7-2/h54-56H,6-53H2,1-5H3/t55?,56-/m1/s1. The SMILES string of the molecule is CCCCCCCCCCCCCCCC(=O)OC[C@H](COC(=O)CCCCCCCCCCCC(C)C)OC(=O)CCCCCCCCCCCCCCCCCCCCC(C)CC. The molecule has 0 heterocycles. The van der Waals surface area contributed by atoms with Gasteiger partial charge in [0.25, 0.3) is 0 Å². The second-order valence-corrected chi connectivity index (χ2v) is 21.0. The Kier molecular flexibility index (Phi) is 50.5. The van der Waals surface area contributed by atoms with Gasteiger partial charge in [0.1, 0.15) is 13.2 Å². The van der Waals surface area contributed by atoms with Crippen molar-refractivity contribution < 1.29 is 28.6 Å². The van der Waals surface area contributed by atoms with E-state index < -0.39 is 6.10 Å². The molecular formula is C59H114O6. The second-order valence-electron chi connectivity index (χ2n) is 21.0. The van der Waals surface area contributed by atoms with Crippen LogP contribution in [0.3, 0.4) is 0 Å². The van der Waals surface area contributed by atoms with Crippen LogP contribution in [0.4, 0.5) is 0 Å². The summed E-state index contributed by atoms with van der Waals surface area (Å²) in [7, 11) is 0. The van der Waals surface area contributed by atoms with Gasteiger partial charge in [-0.3, -0.25) is 14.4 Å². The molecule has 0 fully saturated rings. The molecule has 0 aromatic carbocycles. The first kappa shape index (κ1) is 63.4. The smallest absolute Gasteiger partial charge is 0.306 e. The molecule has 0 saturated carbocycles. The molecule has 65 heavy (non-hydrogen) atoms. The summed E-state index contributed by atoms with van der Waals surface area (Å²) in [6.45, 7) is 11.4. The van der Waals surface area contributed by atoms with E-state index in [1.165, 1.54) is 218 Å². The third-order valence-corrected chi connectivity index (χ3v) is 13.8. The van der Waals surface area contributed by atoms with E-state index in [1.54, 1.807) is 0 Å². The summed E-state index contributed by atoms with van der Waals surface area (Å²) in [6, 6.07) is 0. The quantitative estimate of drug-likeness (QED) is 0.0344. The summed E-state index contributed by atoms with van der Waals surface area (Å²) in [5.41, 5.74) is 0. The third kappa shape index (κ3) is 51.6. The van der Waals surface area contributed by atoms with Gasteiger partial charge in [0.05, 0.1) is 0 Å². The second kappa shape index (κ2) is 51.8. The molecule has 0 aliphatic heterocycles. The number of esters is 3. The molecule has 0 aromatic heterocycles. The van der Waals surface area contributed by atoms with Crippen LogP contribution in [0, 0.1) is 11.8 Å². The van der Waals surface area contributed by atoms with Gasteiger partial charge in [-0.2, -0.15) is 0 Å². The van der Waals surface area contributed by atoms with Gasteiger partial charge in [-0.1, -0.05) is 291 Å². The average Bonchev–Trinajstić information content (AvgIpc) is 3.29. The summed E-state index contributed by atoms with van der Waals surface area (Å²) in [5, 5.41) is 0. The summed E-state index contributed by atoms with van der Waals surface area (Å²) >= 11 is 0. The fourth-order valence-electron chi connectivity index (χ4n) is 9.02. The Balaban J connectivity index is 4.23. The minimum Gasteiger partial charge on any atom is -0.462 e. The maximum atomic E-state index is 12.9. The Morgan fingerprint density at radius 3 is 0.877 bits per heavy atom. The van der Waals surface area contributed by atoms with Crippen molar-refractivity contribution in [3.8, 4) is 0 Å². The highest BCUT2D eigenvalue weighted by Crippen LogP contribution is 2.19. The van der Waals surface area contributed by atoms with Crippen LogP contribution in [0.25, 0.3) is 0 Å². The minimum atomic E-state index is -0.762. The van der Waals surface area contributed by atoms with Gasteiger partial charge < -0.3 is 14.2 Å². The van der Waals surface area contributed by atoms with Gasteiger partial charge in [-0.25, -0.2) is 0 Å². The molecule has 6 heteroatoms. The van der Waals surface area contributed by atoms with Crippen LogP contribution < -0.4 is 0 Å². The van der Waals surface area contributed by atoms with E-state index in [9.17, 15) is 14.4 Å². The summed E-state index contributed by atoms with van der Waals surface area (Å²) < 4.78 is 16.9. The van der Waals surface area contributed by atoms with Crippen molar-refractivity contribution in [2.24, 2.45) is 11.8 Å². The predicted molar refractivity (Wildman–Crippen MR) is 280 cm³/mol. The first-order chi connectivity index (χ1) is 31.8. The van der Waals surface area contributed by atoms with Crippen molar-refractivity contribution in [1.82, 2.24) is 0 Å². The lowest BCUT2D eigenvalue weighted by molar-refractivity contribution is -0.167. The normalized spacial score (nSPS) is 12.5. The van der Waals surface area contributed by atoms with Crippen molar-refractivity contribution in [2.75, 3.05) is 13.2 Å². The van der Waals surface area contributed by atoms with Crippen LogP contribution in [-0.4, -0.2) is 37.2 Å². The number of hydrogen-bond acceptors (Lipinski definition) is 6. The maximum absolute atomic E-state index is 12.9. The van der Waals surface area contributed by atoms with Gasteiger partial charge in [-0.05, 0) is 31.1 Å². The molecule has 6 nitrogen and oxygen atoms in total. The van der Waals surface area contributed by atoms with Crippen molar-refractivity contribution >= 4 is 17.9 Å². The van der Waals surface area contributed by atoms with E-state index in [2.05, 4.69) is 34.6 Å².